The molecule has 5 nitrogen and oxygen atoms in total. The number of anilines is 1. The van der Waals surface area contributed by atoms with Gasteiger partial charge in [0.25, 0.3) is 5.91 Å². The van der Waals surface area contributed by atoms with Crippen molar-refractivity contribution in [2.24, 2.45) is 0 Å². The Morgan fingerprint density at radius 3 is 2.32 bits per heavy atom. The van der Waals surface area contributed by atoms with Gasteiger partial charge in [-0.1, -0.05) is 91.0 Å². The van der Waals surface area contributed by atoms with Crippen LogP contribution >= 0.6 is 35.4 Å². The number of rotatable bonds is 9. The van der Waals surface area contributed by atoms with Crippen LogP contribution in [0.1, 0.15) is 64.8 Å². The zero-order chi connectivity index (χ0) is 26.9. The monoisotopic (exact) mass is 567 g/mol. The second kappa shape index (κ2) is 13.7. The van der Waals surface area contributed by atoms with Crippen LogP contribution in [0.5, 0.6) is 0 Å². The number of thiocarbonyl (C=S) groups is 1. The van der Waals surface area contributed by atoms with E-state index in [1.165, 1.54) is 6.42 Å². The molecule has 0 aliphatic heterocycles. The van der Waals surface area contributed by atoms with Gasteiger partial charge in [-0.3, -0.25) is 9.59 Å². The fourth-order valence-electron chi connectivity index (χ4n) is 4.82. The second-order valence-corrected chi connectivity index (χ2v) is 10.6. The van der Waals surface area contributed by atoms with E-state index in [1.807, 2.05) is 35.2 Å². The van der Waals surface area contributed by atoms with Crippen LogP contribution in [-0.2, 0) is 0 Å². The maximum atomic E-state index is 13.9. The number of carbonyl (C=O) groups excluding carboxylic acids is 2. The number of amides is 1. The lowest BCUT2D eigenvalue weighted by Crippen LogP contribution is -2.43. The van der Waals surface area contributed by atoms with Crippen LogP contribution in [0.25, 0.3) is 0 Å². The first kappa shape index (κ1) is 28.1. The molecule has 3 aromatic rings. The van der Waals surface area contributed by atoms with Crippen molar-refractivity contribution in [3.63, 3.8) is 0 Å². The Kier molecular flexibility index (Phi) is 10.2. The highest BCUT2D eigenvalue weighted by atomic mass is 35.5. The minimum Gasteiger partial charge on any atom is -0.362 e. The molecule has 1 saturated carbocycles. The van der Waals surface area contributed by atoms with E-state index in [2.05, 4.69) is 10.6 Å². The highest BCUT2D eigenvalue weighted by Gasteiger charge is 2.28. The van der Waals surface area contributed by atoms with E-state index in [0.717, 1.165) is 25.7 Å². The summed E-state index contributed by atoms with van der Waals surface area (Å²) in [6, 6.07) is 21.5. The topological polar surface area (TPSA) is 61.4 Å². The van der Waals surface area contributed by atoms with Crippen molar-refractivity contribution in [1.29, 1.82) is 0 Å². The summed E-state index contributed by atoms with van der Waals surface area (Å²) in [7, 11) is 0. The van der Waals surface area contributed by atoms with Crippen molar-refractivity contribution in [3.05, 3.63) is 99.5 Å². The average molecular weight is 569 g/mol. The molecule has 0 spiro atoms. The highest BCUT2D eigenvalue weighted by molar-refractivity contribution is 7.80. The van der Waals surface area contributed by atoms with E-state index in [-0.39, 0.29) is 17.7 Å². The number of hydrogen-bond donors (Lipinski definition) is 2. The van der Waals surface area contributed by atoms with Crippen LogP contribution in [-0.4, -0.2) is 40.8 Å². The van der Waals surface area contributed by atoms with Gasteiger partial charge >= 0.3 is 0 Å². The summed E-state index contributed by atoms with van der Waals surface area (Å²) in [5, 5.41) is 7.79. The van der Waals surface area contributed by atoms with E-state index < -0.39 is 0 Å². The number of ketones is 1. The Balaban J connectivity index is 1.44. The van der Waals surface area contributed by atoms with Crippen molar-refractivity contribution in [2.45, 2.75) is 44.6 Å². The summed E-state index contributed by atoms with van der Waals surface area (Å²) in [6.45, 7) is 1.13. The minimum atomic E-state index is -0.143. The molecule has 1 aliphatic carbocycles. The molecule has 0 radical (unpaired) electrons. The SMILES string of the molecule is O=C(c1ccccc1)c1ccccc1C(=O)N(CCCNC(=S)Nc1cc(Cl)ccc1Cl)C1CCCCC1. The summed E-state index contributed by atoms with van der Waals surface area (Å²) in [6.07, 6.45) is 6.04. The first-order valence-corrected chi connectivity index (χ1v) is 14.1. The third-order valence-electron chi connectivity index (χ3n) is 6.75. The molecule has 3 aromatic carbocycles. The van der Waals surface area contributed by atoms with E-state index in [9.17, 15) is 9.59 Å². The molecule has 0 aromatic heterocycles. The van der Waals surface area contributed by atoms with E-state index >= 15 is 0 Å². The average Bonchev–Trinajstić information content (AvgIpc) is 2.95. The van der Waals surface area contributed by atoms with Gasteiger partial charge in [-0.25, -0.2) is 0 Å². The van der Waals surface area contributed by atoms with Gasteiger partial charge in [0.1, 0.15) is 0 Å². The van der Waals surface area contributed by atoms with E-state index in [1.54, 1.807) is 42.5 Å². The van der Waals surface area contributed by atoms with E-state index in [4.69, 9.17) is 35.4 Å². The fraction of sp³-hybridized carbons (Fsp3) is 0.300. The largest absolute Gasteiger partial charge is 0.362 e. The van der Waals surface area contributed by atoms with Crippen molar-refractivity contribution in [2.75, 3.05) is 18.4 Å². The molecule has 2 N–H and O–H groups in total. The summed E-state index contributed by atoms with van der Waals surface area (Å²) in [5.41, 5.74) is 2.09. The maximum absolute atomic E-state index is 13.9. The molecule has 0 atom stereocenters. The predicted octanol–water partition coefficient (Wildman–Crippen LogP) is 7.38. The first-order valence-electron chi connectivity index (χ1n) is 12.9. The van der Waals surface area contributed by atoms with Crippen molar-refractivity contribution >= 4 is 57.9 Å². The number of halogens is 2. The number of carbonyl (C=O) groups is 2. The second-order valence-electron chi connectivity index (χ2n) is 9.39. The van der Waals surface area contributed by atoms with Gasteiger partial charge < -0.3 is 15.5 Å². The molecular weight excluding hydrogens is 537 g/mol. The molecule has 4 rings (SSSR count). The number of nitrogens with one attached hydrogen (secondary N) is 2. The Labute approximate surface area is 239 Å². The molecule has 1 amide bonds. The van der Waals surface area contributed by atoms with Crippen molar-refractivity contribution in [1.82, 2.24) is 10.2 Å². The zero-order valence-electron chi connectivity index (χ0n) is 21.1. The Bertz CT molecular complexity index is 1280. The maximum Gasteiger partial charge on any atom is 0.254 e. The van der Waals surface area contributed by atoms with Gasteiger partial charge in [0, 0.05) is 35.3 Å². The normalized spacial score (nSPS) is 13.5. The van der Waals surface area contributed by atoms with Crippen LogP contribution in [0.4, 0.5) is 5.69 Å². The molecule has 0 bridgehead atoms. The number of hydrogen-bond acceptors (Lipinski definition) is 3. The fourth-order valence-corrected chi connectivity index (χ4v) is 5.37. The van der Waals surface area contributed by atoms with Crippen LogP contribution in [0.2, 0.25) is 10.0 Å². The Morgan fingerprint density at radius 2 is 1.58 bits per heavy atom. The van der Waals surface area contributed by atoms with E-state index in [0.29, 0.717) is 57.0 Å². The van der Waals surface area contributed by atoms with Crippen LogP contribution in [0.3, 0.4) is 0 Å². The van der Waals surface area contributed by atoms with Gasteiger partial charge in [-0.05, 0) is 55.7 Å². The smallest absolute Gasteiger partial charge is 0.254 e. The Morgan fingerprint density at radius 1 is 0.895 bits per heavy atom. The van der Waals surface area contributed by atoms with Crippen LogP contribution in [0.15, 0.2) is 72.8 Å². The van der Waals surface area contributed by atoms with Gasteiger partial charge in [0.05, 0.1) is 16.3 Å². The lowest BCUT2D eigenvalue weighted by molar-refractivity contribution is 0.0629. The molecule has 198 valence electrons. The lowest BCUT2D eigenvalue weighted by Gasteiger charge is -2.35. The van der Waals surface area contributed by atoms with Crippen molar-refractivity contribution in [3.8, 4) is 0 Å². The van der Waals surface area contributed by atoms with Crippen LogP contribution < -0.4 is 10.6 Å². The molecule has 0 unspecified atom stereocenters. The van der Waals surface area contributed by atoms with Crippen molar-refractivity contribution < 1.29 is 9.59 Å². The predicted molar refractivity (Wildman–Crippen MR) is 160 cm³/mol. The number of nitrogens with zero attached hydrogens (tertiary/aromatic N) is 1. The summed E-state index contributed by atoms with van der Waals surface area (Å²) in [5.74, 6) is -0.237. The molecule has 38 heavy (non-hydrogen) atoms. The summed E-state index contributed by atoms with van der Waals surface area (Å²) >= 11 is 17.7. The first-order chi connectivity index (χ1) is 18.4. The number of benzene rings is 3. The minimum absolute atomic E-state index is 0.0943. The third-order valence-corrected chi connectivity index (χ3v) is 7.56. The standard InChI is InChI=1S/C30H31Cl2N3O2S/c31-22-16-17-26(32)27(20-22)34-30(38)33-18-9-19-35(23-12-5-2-6-13-23)29(37)25-15-8-7-14-24(25)28(36)21-10-3-1-4-11-21/h1,3-4,7-8,10-11,14-17,20,23H,2,5-6,9,12-13,18-19H2,(H2,33,34,38). The molecular formula is C30H31Cl2N3O2S. The third kappa shape index (κ3) is 7.34. The molecule has 0 saturated heterocycles. The molecule has 1 fully saturated rings. The quantitative estimate of drug-likeness (QED) is 0.160. The Hall–Kier alpha value is -2.93. The van der Waals surface area contributed by atoms with Gasteiger partial charge in [0.2, 0.25) is 0 Å². The van der Waals surface area contributed by atoms with Gasteiger partial charge in [0.15, 0.2) is 10.9 Å². The highest BCUT2D eigenvalue weighted by Crippen LogP contribution is 2.27. The van der Waals surface area contributed by atoms with Gasteiger partial charge in [-0.15, -0.1) is 0 Å². The molecule has 8 heteroatoms. The molecule has 0 heterocycles. The molecule has 1 aliphatic rings. The lowest BCUT2D eigenvalue weighted by atomic mass is 9.92. The summed E-state index contributed by atoms with van der Waals surface area (Å²) in [4.78, 5) is 29.2. The summed E-state index contributed by atoms with van der Waals surface area (Å²) < 4.78 is 0. The van der Waals surface area contributed by atoms with Gasteiger partial charge in [-0.2, -0.15) is 0 Å². The van der Waals surface area contributed by atoms with Crippen LogP contribution in [0, 0.1) is 0 Å². The zero-order valence-corrected chi connectivity index (χ0v) is 23.4.